The summed E-state index contributed by atoms with van der Waals surface area (Å²) in [5.74, 6) is 1.39. The van der Waals surface area contributed by atoms with Crippen molar-refractivity contribution in [1.82, 2.24) is 15.6 Å². The average molecular weight is 354 g/mol. The second kappa shape index (κ2) is 8.48. The van der Waals surface area contributed by atoms with Crippen LogP contribution in [0.2, 0.25) is 0 Å². The highest BCUT2D eigenvalue weighted by Crippen LogP contribution is 2.19. The molecule has 0 spiro atoms. The first-order valence-corrected chi connectivity index (χ1v) is 9.22. The Kier molecular flexibility index (Phi) is 5.85. The largest absolute Gasteiger partial charge is 0.444 e. The van der Waals surface area contributed by atoms with Gasteiger partial charge in [-0.25, -0.2) is 9.98 Å². The van der Waals surface area contributed by atoms with E-state index in [9.17, 15) is 0 Å². The van der Waals surface area contributed by atoms with Crippen LogP contribution < -0.4 is 10.6 Å². The zero-order valence-corrected chi connectivity index (χ0v) is 15.2. The summed E-state index contributed by atoms with van der Waals surface area (Å²) < 4.78 is 5.56. The van der Waals surface area contributed by atoms with Gasteiger partial charge in [-0.15, -0.1) is 11.3 Å². The number of rotatable bonds is 6. The second-order valence-electron chi connectivity index (χ2n) is 5.59. The molecule has 1 atom stereocenters. The van der Waals surface area contributed by atoms with E-state index in [0.29, 0.717) is 12.4 Å². The summed E-state index contributed by atoms with van der Waals surface area (Å²) in [6.45, 7) is 5.44. The van der Waals surface area contributed by atoms with Gasteiger partial charge in [0.15, 0.2) is 5.96 Å². The maximum atomic E-state index is 5.56. The summed E-state index contributed by atoms with van der Waals surface area (Å²) in [4.78, 5) is 10.4. The summed E-state index contributed by atoms with van der Waals surface area (Å²) in [6.07, 6.45) is 1.66. The molecule has 0 fully saturated rings. The summed E-state index contributed by atoms with van der Waals surface area (Å²) in [5.41, 5.74) is 1.77. The number of thiophene rings is 1. The first kappa shape index (κ1) is 17.2. The molecule has 3 aromatic rings. The van der Waals surface area contributed by atoms with Crippen molar-refractivity contribution in [3.05, 3.63) is 64.7 Å². The molecule has 0 saturated heterocycles. The Balaban J connectivity index is 1.66. The predicted octanol–water partition coefficient (Wildman–Crippen LogP) is 4.22. The van der Waals surface area contributed by atoms with Gasteiger partial charge in [0.25, 0.3) is 0 Å². The van der Waals surface area contributed by atoms with Crippen molar-refractivity contribution >= 4 is 17.3 Å². The molecule has 0 aliphatic heterocycles. The van der Waals surface area contributed by atoms with Gasteiger partial charge >= 0.3 is 0 Å². The molecule has 1 aromatic carbocycles. The summed E-state index contributed by atoms with van der Waals surface area (Å²) in [7, 11) is 0. The van der Waals surface area contributed by atoms with E-state index in [-0.39, 0.29) is 6.04 Å². The van der Waals surface area contributed by atoms with Crippen molar-refractivity contribution in [2.45, 2.75) is 26.4 Å². The van der Waals surface area contributed by atoms with E-state index in [2.05, 4.69) is 52.0 Å². The van der Waals surface area contributed by atoms with E-state index in [1.807, 2.05) is 30.3 Å². The molecule has 25 heavy (non-hydrogen) atoms. The Bertz CT molecular complexity index is 796. The Morgan fingerprint density at radius 1 is 1.24 bits per heavy atom. The van der Waals surface area contributed by atoms with Crippen LogP contribution in [0, 0.1) is 0 Å². The number of guanidine groups is 1. The van der Waals surface area contributed by atoms with Crippen LogP contribution in [-0.2, 0) is 6.54 Å². The van der Waals surface area contributed by atoms with Crippen LogP contribution in [0.4, 0.5) is 0 Å². The molecular formula is C19H22N4OS. The van der Waals surface area contributed by atoms with Crippen LogP contribution in [0.15, 0.2) is 63.5 Å². The smallest absolute Gasteiger partial charge is 0.226 e. The fourth-order valence-corrected chi connectivity index (χ4v) is 3.12. The lowest BCUT2D eigenvalue weighted by Gasteiger charge is -2.16. The molecule has 3 rings (SSSR count). The van der Waals surface area contributed by atoms with E-state index in [4.69, 9.17) is 4.42 Å². The molecule has 130 valence electrons. The number of nitrogens with one attached hydrogen (secondary N) is 2. The number of benzene rings is 1. The van der Waals surface area contributed by atoms with Crippen LogP contribution in [0.5, 0.6) is 0 Å². The highest BCUT2D eigenvalue weighted by Gasteiger charge is 2.09. The molecule has 5 nitrogen and oxygen atoms in total. The standard InChI is InChI=1S/C19H22N4OS/c1-3-20-19(22-14(2)17-10-7-11-25-17)21-12-16-13-24-18(23-16)15-8-5-4-6-9-15/h4-11,13-14H,3,12H2,1-2H3,(H2,20,21,22). The van der Waals surface area contributed by atoms with Crippen LogP contribution in [0.1, 0.15) is 30.5 Å². The van der Waals surface area contributed by atoms with Crippen molar-refractivity contribution < 1.29 is 4.42 Å². The van der Waals surface area contributed by atoms with Crippen molar-refractivity contribution in [2.24, 2.45) is 4.99 Å². The lowest BCUT2D eigenvalue weighted by Crippen LogP contribution is -2.38. The highest BCUT2D eigenvalue weighted by atomic mass is 32.1. The Morgan fingerprint density at radius 3 is 2.80 bits per heavy atom. The second-order valence-corrected chi connectivity index (χ2v) is 6.57. The summed E-state index contributed by atoms with van der Waals surface area (Å²) in [6, 6.07) is 14.3. The normalized spacial score (nSPS) is 12.8. The van der Waals surface area contributed by atoms with Crippen LogP contribution >= 0.6 is 11.3 Å². The monoisotopic (exact) mass is 354 g/mol. The van der Waals surface area contributed by atoms with Crippen LogP contribution in [-0.4, -0.2) is 17.5 Å². The minimum absolute atomic E-state index is 0.204. The third-order valence-electron chi connectivity index (χ3n) is 3.64. The topological polar surface area (TPSA) is 62.5 Å². The van der Waals surface area contributed by atoms with Gasteiger partial charge in [0.2, 0.25) is 5.89 Å². The fourth-order valence-electron chi connectivity index (χ4n) is 2.39. The fraction of sp³-hybridized carbons (Fsp3) is 0.263. The SMILES string of the molecule is CCNC(=NCc1coc(-c2ccccc2)n1)NC(C)c1cccs1. The minimum atomic E-state index is 0.204. The molecule has 0 saturated carbocycles. The van der Waals surface area contributed by atoms with Crippen LogP contribution in [0.25, 0.3) is 11.5 Å². The number of oxazole rings is 1. The van der Waals surface area contributed by atoms with Gasteiger partial charge in [0, 0.05) is 17.0 Å². The van der Waals surface area contributed by atoms with Gasteiger partial charge in [-0.2, -0.15) is 0 Å². The quantitative estimate of drug-likeness (QED) is 0.514. The maximum absolute atomic E-state index is 5.56. The molecule has 0 aliphatic carbocycles. The lowest BCUT2D eigenvalue weighted by atomic mass is 10.2. The van der Waals surface area contributed by atoms with Gasteiger partial charge in [-0.1, -0.05) is 24.3 Å². The first-order valence-electron chi connectivity index (χ1n) is 8.34. The van der Waals surface area contributed by atoms with Gasteiger partial charge in [0.05, 0.1) is 12.6 Å². The lowest BCUT2D eigenvalue weighted by molar-refractivity contribution is 0.572. The molecule has 0 aliphatic rings. The van der Waals surface area contributed by atoms with Gasteiger partial charge in [0.1, 0.15) is 12.0 Å². The molecular weight excluding hydrogens is 332 g/mol. The van der Waals surface area contributed by atoms with E-state index >= 15 is 0 Å². The van der Waals surface area contributed by atoms with E-state index < -0.39 is 0 Å². The zero-order valence-electron chi connectivity index (χ0n) is 14.4. The minimum Gasteiger partial charge on any atom is -0.444 e. The molecule has 0 bridgehead atoms. The Morgan fingerprint density at radius 2 is 2.08 bits per heavy atom. The predicted molar refractivity (Wildman–Crippen MR) is 103 cm³/mol. The van der Waals surface area contributed by atoms with E-state index in [1.165, 1.54) is 4.88 Å². The molecule has 0 radical (unpaired) electrons. The molecule has 6 heteroatoms. The number of hydrogen-bond donors (Lipinski definition) is 2. The molecule has 2 heterocycles. The third kappa shape index (κ3) is 4.70. The number of nitrogens with zero attached hydrogens (tertiary/aromatic N) is 2. The summed E-state index contributed by atoms with van der Waals surface area (Å²) >= 11 is 1.73. The van der Waals surface area contributed by atoms with Crippen molar-refractivity contribution in [2.75, 3.05) is 6.54 Å². The first-order chi connectivity index (χ1) is 12.3. The average Bonchev–Trinajstić information content (AvgIpc) is 3.32. The van der Waals surface area contributed by atoms with Crippen molar-refractivity contribution in [3.8, 4) is 11.5 Å². The number of aliphatic imine (C=N–C) groups is 1. The number of aromatic nitrogens is 1. The zero-order chi connectivity index (χ0) is 17.5. The maximum Gasteiger partial charge on any atom is 0.226 e. The van der Waals surface area contributed by atoms with Crippen LogP contribution in [0.3, 0.4) is 0 Å². The Labute approximate surface area is 151 Å². The molecule has 2 aromatic heterocycles. The molecule has 0 amide bonds. The molecule has 2 N–H and O–H groups in total. The Hall–Kier alpha value is -2.60. The van der Waals surface area contributed by atoms with Crippen molar-refractivity contribution in [3.63, 3.8) is 0 Å². The van der Waals surface area contributed by atoms with Gasteiger partial charge in [-0.3, -0.25) is 0 Å². The molecule has 1 unspecified atom stereocenters. The summed E-state index contributed by atoms with van der Waals surface area (Å²) in [5, 5.41) is 8.77. The number of hydrogen-bond acceptors (Lipinski definition) is 4. The van der Waals surface area contributed by atoms with Gasteiger partial charge in [-0.05, 0) is 37.4 Å². The van der Waals surface area contributed by atoms with Crippen molar-refractivity contribution in [1.29, 1.82) is 0 Å². The van der Waals surface area contributed by atoms with E-state index in [0.717, 1.165) is 23.8 Å². The van der Waals surface area contributed by atoms with E-state index in [1.54, 1.807) is 17.6 Å². The third-order valence-corrected chi connectivity index (χ3v) is 4.69. The van der Waals surface area contributed by atoms with Gasteiger partial charge < -0.3 is 15.1 Å². The highest BCUT2D eigenvalue weighted by molar-refractivity contribution is 7.10.